The molecule has 0 atom stereocenters. The molecular formula is C20H27N7O2. The van der Waals surface area contributed by atoms with Gasteiger partial charge in [0, 0.05) is 36.6 Å². The number of nitrogens with one attached hydrogen (secondary N) is 1. The molecule has 3 aromatic rings. The average Bonchev–Trinajstić information content (AvgIpc) is 3.31. The fraction of sp³-hybridized carbons (Fsp3) is 0.500. The minimum absolute atomic E-state index is 0.0727. The van der Waals surface area contributed by atoms with Crippen LogP contribution in [0.5, 0.6) is 0 Å². The Bertz CT molecular complexity index is 972. The molecule has 1 aliphatic rings. The fourth-order valence-electron chi connectivity index (χ4n) is 3.81. The first-order chi connectivity index (χ1) is 14.1. The Hall–Kier alpha value is -2.94. The van der Waals surface area contributed by atoms with E-state index < -0.39 is 0 Å². The summed E-state index contributed by atoms with van der Waals surface area (Å²) in [5.41, 5.74) is 7.66. The number of esters is 1. The zero-order chi connectivity index (χ0) is 20.2. The summed E-state index contributed by atoms with van der Waals surface area (Å²) in [6, 6.07) is 2.40. The lowest BCUT2D eigenvalue weighted by Gasteiger charge is -2.26. The van der Waals surface area contributed by atoms with Gasteiger partial charge < -0.3 is 20.4 Å². The largest absolute Gasteiger partial charge is 0.465 e. The molecule has 0 aromatic carbocycles. The maximum atomic E-state index is 11.6. The van der Waals surface area contributed by atoms with Crippen LogP contribution < -0.4 is 11.1 Å². The van der Waals surface area contributed by atoms with Crippen LogP contribution in [-0.4, -0.2) is 42.9 Å². The standard InChI is InChI=1S/C20H27N7O2/c1-2-29-18(28)13-27-12-17(10-23-27)24-20-22-9-15-7-8-26(19(15)25-20)11-14-3-5-16(21)6-4-14/h7-10,12,14,16H,2-6,11,13,21H2,1H3,(H,22,24,25). The molecule has 0 radical (unpaired) electrons. The first kappa shape index (κ1) is 19.4. The van der Waals surface area contributed by atoms with E-state index in [1.165, 1.54) is 4.68 Å². The molecule has 0 bridgehead atoms. The van der Waals surface area contributed by atoms with Crippen molar-refractivity contribution in [3.63, 3.8) is 0 Å². The third-order valence-electron chi connectivity index (χ3n) is 5.33. The van der Waals surface area contributed by atoms with Crippen LogP contribution in [0, 0.1) is 5.92 Å². The summed E-state index contributed by atoms with van der Waals surface area (Å²) in [4.78, 5) is 20.7. The number of aromatic nitrogens is 5. The molecule has 0 unspecified atom stereocenters. The van der Waals surface area contributed by atoms with E-state index in [1.807, 2.05) is 12.3 Å². The highest BCUT2D eigenvalue weighted by molar-refractivity contribution is 5.76. The number of hydrogen-bond donors (Lipinski definition) is 2. The fourth-order valence-corrected chi connectivity index (χ4v) is 3.81. The zero-order valence-corrected chi connectivity index (χ0v) is 16.6. The van der Waals surface area contributed by atoms with E-state index in [9.17, 15) is 4.79 Å². The molecule has 1 fully saturated rings. The first-order valence-corrected chi connectivity index (χ1v) is 10.1. The van der Waals surface area contributed by atoms with Gasteiger partial charge in [-0.25, -0.2) is 4.98 Å². The Labute approximate surface area is 169 Å². The van der Waals surface area contributed by atoms with Gasteiger partial charge in [0.2, 0.25) is 5.95 Å². The molecule has 0 aliphatic heterocycles. The van der Waals surface area contributed by atoms with Crippen molar-refractivity contribution in [1.29, 1.82) is 0 Å². The summed E-state index contributed by atoms with van der Waals surface area (Å²) < 4.78 is 8.66. The van der Waals surface area contributed by atoms with Crippen LogP contribution >= 0.6 is 0 Å². The molecule has 3 aromatic heterocycles. The minimum Gasteiger partial charge on any atom is -0.465 e. The minimum atomic E-state index is -0.318. The quantitative estimate of drug-likeness (QED) is 0.589. The highest BCUT2D eigenvalue weighted by Gasteiger charge is 2.19. The van der Waals surface area contributed by atoms with Gasteiger partial charge >= 0.3 is 5.97 Å². The van der Waals surface area contributed by atoms with Crippen LogP contribution in [0.2, 0.25) is 0 Å². The maximum absolute atomic E-state index is 11.6. The normalized spacial score (nSPS) is 19.4. The van der Waals surface area contributed by atoms with Crippen molar-refractivity contribution in [2.75, 3.05) is 11.9 Å². The molecule has 3 heterocycles. The second kappa shape index (κ2) is 8.60. The number of anilines is 2. The summed E-state index contributed by atoms with van der Waals surface area (Å²) in [5.74, 6) is 0.818. The summed E-state index contributed by atoms with van der Waals surface area (Å²) in [5, 5.41) is 8.35. The van der Waals surface area contributed by atoms with Crippen LogP contribution in [0.3, 0.4) is 0 Å². The smallest absolute Gasteiger partial charge is 0.327 e. The van der Waals surface area contributed by atoms with Crippen molar-refractivity contribution in [2.24, 2.45) is 11.7 Å². The van der Waals surface area contributed by atoms with E-state index in [2.05, 4.69) is 26.2 Å². The highest BCUT2D eigenvalue weighted by atomic mass is 16.5. The molecular weight excluding hydrogens is 370 g/mol. The average molecular weight is 397 g/mol. The van der Waals surface area contributed by atoms with Gasteiger partial charge in [0.15, 0.2) is 0 Å². The van der Waals surface area contributed by atoms with Gasteiger partial charge in [-0.2, -0.15) is 10.1 Å². The summed E-state index contributed by atoms with van der Waals surface area (Å²) in [6.45, 7) is 3.15. The van der Waals surface area contributed by atoms with E-state index in [4.69, 9.17) is 15.5 Å². The zero-order valence-electron chi connectivity index (χ0n) is 16.6. The predicted octanol–water partition coefficient (Wildman–Crippen LogP) is 2.45. The van der Waals surface area contributed by atoms with Gasteiger partial charge in [-0.05, 0) is 44.6 Å². The second-order valence-corrected chi connectivity index (χ2v) is 7.58. The maximum Gasteiger partial charge on any atom is 0.327 e. The van der Waals surface area contributed by atoms with E-state index in [0.29, 0.717) is 30.2 Å². The highest BCUT2D eigenvalue weighted by Crippen LogP contribution is 2.26. The third-order valence-corrected chi connectivity index (χ3v) is 5.33. The van der Waals surface area contributed by atoms with Gasteiger partial charge in [-0.1, -0.05) is 0 Å². The molecule has 0 amide bonds. The van der Waals surface area contributed by atoms with Crippen LogP contribution in [0.1, 0.15) is 32.6 Å². The summed E-state index contributed by atoms with van der Waals surface area (Å²) in [7, 11) is 0. The van der Waals surface area contributed by atoms with Crippen LogP contribution in [0.4, 0.5) is 11.6 Å². The monoisotopic (exact) mass is 397 g/mol. The molecule has 9 heteroatoms. The van der Waals surface area contributed by atoms with Crippen LogP contribution in [-0.2, 0) is 22.6 Å². The topological polar surface area (TPSA) is 113 Å². The molecule has 3 N–H and O–H groups in total. The first-order valence-electron chi connectivity index (χ1n) is 10.1. The number of carbonyl (C=O) groups is 1. The van der Waals surface area contributed by atoms with Crippen LogP contribution in [0.25, 0.3) is 11.0 Å². The van der Waals surface area contributed by atoms with Gasteiger partial charge in [-0.3, -0.25) is 9.48 Å². The Kier molecular flexibility index (Phi) is 5.75. The van der Waals surface area contributed by atoms with Gasteiger partial charge in [0.1, 0.15) is 12.2 Å². The number of ether oxygens (including phenoxy) is 1. The van der Waals surface area contributed by atoms with E-state index in [1.54, 1.807) is 19.3 Å². The van der Waals surface area contributed by atoms with Crippen molar-refractivity contribution in [3.8, 4) is 0 Å². The predicted molar refractivity (Wildman–Crippen MR) is 110 cm³/mol. The molecule has 0 spiro atoms. The number of rotatable bonds is 7. The lowest BCUT2D eigenvalue weighted by Crippen LogP contribution is -2.28. The molecule has 154 valence electrons. The molecule has 1 aliphatic carbocycles. The van der Waals surface area contributed by atoms with Crippen molar-refractivity contribution < 1.29 is 9.53 Å². The molecule has 1 saturated carbocycles. The third kappa shape index (κ3) is 4.73. The van der Waals surface area contributed by atoms with Crippen molar-refractivity contribution in [3.05, 3.63) is 30.9 Å². The number of fused-ring (bicyclic) bond motifs is 1. The number of nitrogens with two attached hydrogens (primary N) is 1. The van der Waals surface area contributed by atoms with Crippen LogP contribution in [0.15, 0.2) is 30.9 Å². The Morgan fingerprint density at radius 2 is 2.14 bits per heavy atom. The van der Waals surface area contributed by atoms with Crippen molar-refractivity contribution in [2.45, 2.75) is 51.7 Å². The lowest BCUT2D eigenvalue weighted by atomic mass is 9.86. The number of carbonyl (C=O) groups excluding carboxylic acids is 1. The molecule has 9 nitrogen and oxygen atoms in total. The number of hydrogen-bond acceptors (Lipinski definition) is 7. The van der Waals surface area contributed by atoms with E-state index in [0.717, 1.165) is 43.3 Å². The molecule has 29 heavy (non-hydrogen) atoms. The lowest BCUT2D eigenvalue weighted by molar-refractivity contribution is -0.144. The van der Waals surface area contributed by atoms with Gasteiger partial charge in [-0.15, -0.1) is 0 Å². The summed E-state index contributed by atoms with van der Waals surface area (Å²) >= 11 is 0. The Balaban J connectivity index is 1.45. The number of nitrogens with zero attached hydrogens (tertiary/aromatic N) is 5. The Morgan fingerprint density at radius 3 is 2.93 bits per heavy atom. The van der Waals surface area contributed by atoms with Crippen molar-refractivity contribution >= 4 is 28.6 Å². The SMILES string of the molecule is CCOC(=O)Cn1cc(Nc2ncc3ccn(CC4CCC(N)CC4)c3n2)cn1. The van der Waals surface area contributed by atoms with E-state index in [-0.39, 0.29) is 12.5 Å². The Morgan fingerprint density at radius 1 is 1.31 bits per heavy atom. The van der Waals surface area contributed by atoms with Crippen molar-refractivity contribution in [1.82, 2.24) is 24.3 Å². The van der Waals surface area contributed by atoms with Gasteiger partial charge in [0.25, 0.3) is 0 Å². The molecule has 0 saturated heterocycles. The molecule has 4 rings (SSSR count). The second-order valence-electron chi connectivity index (χ2n) is 7.58. The van der Waals surface area contributed by atoms with E-state index >= 15 is 0 Å². The van der Waals surface area contributed by atoms with Gasteiger partial charge in [0.05, 0.1) is 18.5 Å². The summed E-state index contributed by atoms with van der Waals surface area (Å²) in [6.07, 6.45) is 11.8.